The number of nitrogen functional groups attached to an aromatic ring is 1. The number of para-hydroxylation sites is 1. The average Bonchev–Trinajstić information content (AvgIpc) is 2.31. The molecule has 100 valence electrons. The minimum atomic E-state index is -3.58. The largest absolute Gasteiger partial charge is 0.398 e. The summed E-state index contributed by atoms with van der Waals surface area (Å²) in [5.41, 5.74) is 6.69. The summed E-state index contributed by atoms with van der Waals surface area (Å²) in [5, 5.41) is 0.222. The molecular weight excluding hydrogens is 286 g/mol. The van der Waals surface area contributed by atoms with Crippen LogP contribution in [0.25, 0.3) is 0 Å². The number of sulfonamides is 1. The Bertz CT molecular complexity index is 689. The van der Waals surface area contributed by atoms with Crippen molar-refractivity contribution in [3.05, 3.63) is 53.2 Å². The first kappa shape index (κ1) is 13.6. The normalized spacial score (nSPS) is 11.2. The second kappa shape index (κ2) is 5.46. The Labute approximate surface area is 116 Å². The van der Waals surface area contributed by atoms with Crippen molar-refractivity contribution in [1.82, 2.24) is 4.98 Å². The molecule has 0 fully saturated rings. The minimum Gasteiger partial charge on any atom is -0.398 e. The number of benzene rings is 1. The average molecular weight is 298 g/mol. The summed E-state index contributed by atoms with van der Waals surface area (Å²) in [7, 11) is -3.58. The van der Waals surface area contributed by atoms with E-state index in [0.717, 1.165) is 0 Å². The van der Waals surface area contributed by atoms with Gasteiger partial charge in [-0.2, -0.15) is 0 Å². The molecular formula is C12H12ClN3O2S. The van der Waals surface area contributed by atoms with Crippen LogP contribution in [0.1, 0.15) is 5.56 Å². The summed E-state index contributed by atoms with van der Waals surface area (Å²) in [6.45, 7) is 0. The second-order valence-electron chi connectivity index (χ2n) is 3.91. The molecule has 5 nitrogen and oxygen atoms in total. The van der Waals surface area contributed by atoms with E-state index in [2.05, 4.69) is 9.71 Å². The predicted molar refractivity (Wildman–Crippen MR) is 76.3 cm³/mol. The van der Waals surface area contributed by atoms with Crippen LogP contribution in [0.15, 0.2) is 42.5 Å². The van der Waals surface area contributed by atoms with Crippen LogP contribution in [-0.2, 0) is 15.8 Å². The molecule has 0 spiro atoms. The van der Waals surface area contributed by atoms with Gasteiger partial charge in [-0.3, -0.25) is 4.72 Å². The Morgan fingerprint density at radius 3 is 2.58 bits per heavy atom. The van der Waals surface area contributed by atoms with Crippen LogP contribution in [0.2, 0.25) is 5.15 Å². The maximum absolute atomic E-state index is 12.0. The van der Waals surface area contributed by atoms with Crippen molar-refractivity contribution in [3.63, 3.8) is 0 Å². The fraction of sp³-hybridized carbons (Fsp3) is 0.0833. The molecule has 0 atom stereocenters. The lowest BCUT2D eigenvalue weighted by Gasteiger charge is -2.09. The van der Waals surface area contributed by atoms with Crippen molar-refractivity contribution in [1.29, 1.82) is 0 Å². The van der Waals surface area contributed by atoms with E-state index in [1.54, 1.807) is 36.4 Å². The molecule has 0 aliphatic carbocycles. The van der Waals surface area contributed by atoms with Crippen LogP contribution in [0.4, 0.5) is 11.5 Å². The summed E-state index contributed by atoms with van der Waals surface area (Å²) in [5.74, 6) is -0.0320. The fourth-order valence-corrected chi connectivity index (χ4v) is 2.87. The molecule has 0 saturated carbocycles. The summed E-state index contributed by atoms with van der Waals surface area (Å²) in [6, 6.07) is 11.5. The van der Waals surface area contributed by atoms with E-state index in [1.807, 2.05) is 0 Å². The molecule has 0 unspecified atom stereocenters. The van der Waals surface area contributed by atoms with Gasteiger partial charge < -0.3 is 5.73 Å². The van der Waals surface area contributed by atoms with Crippen LogP contribution < -0.4 is 10.5 Å². The van der Waals surface area contributed by atoms with Gasteiger partial charge in [0.05, 0.1) is 5.75 Å². The van der Waals surface area contributed by atoms with Crippen molar-refractivity contribution < 1.29 is 8.42 Å². The molecule has 0 bridgehead atoms. The van der Waals surface area contributed by atoms with Crippen molar-refractivity contribution in [2.45, 2.75) is 5.75 Å². The summed E-state index contributed by atoms with van der Waals surface area (Å²) in [4.78, 5) is 3.87. The van der Waals surface area contributed by atoms with Crippen LogP contribution in [0, 0.1) is 0 Å². The molecule has 7 heteroatoms. The molecule has 0 saturated heterocycles. The van der Waals surface area contributed by atoms with Crippen LogP contribution >= 0.6 is 11.6 Å². The predicted octanol–water partition coefficient (Wildman–Crippen LogP) is 2.26. The van der Waals surface area contributed by atoms with Gasteiger partial charge in [-0.15, -0.1) is 0 Å². The van der Waals surface area contributed by atoms with Gasteiger partial charge in [-0.1, -0.05) is 35.9 Å². The third-order valence-corrected chi connectivity index (χ3v) is 3.80. The highest BCUT2D eigenvalue weighted by molar-refractivity contribution is 7.91. The number of nitrogens with zero attached hydrogens (tertiary/aromatic N) is 1. The summed E-state index contributed by atoms with van der Waals surface area (Å²) in [6.07, 6.45) is 0. The quantitative estimate of drug-likeness (QED) is 0.669. The molecule has 0 aliphatic rings. The summed E-state index contributed by atoms with van der Waals surface area (Å²) < 4.78 is 26.3. The van der Waals surface area contributed by atoms with Gasteiger partial charge in [0.1, 0.15) is 11.0 Å². The number of nitrogens with one attached hydrogen (secondary N) is 1. The van der Waals surface area contributed by atoms with Crippen LogP contribution in [-0.4, -0.2) is 13.4 Å². The number of aromatic nitrogens is 1. The number of hydrogen-bond donors (Lipinski definition) is 2. The van der Waals surface area contributed by atoms with Gasteiger partial charge in [0.15, 0.2) is 0 Å². The zero-order valence-electron chi connectivity index (χ0n) is 9.88. The van der Waals surface area contributed by atoms with E-state index in [1.165, 1.54) is 6.07 Å². The van der Waals surface area contributed by atoms with Crippen molar-refractivity contribution in [3.8, 4) is 0 Å². The van der Waals surface area contributed by atoms with Crippen molar-refractivity contribution in [2.75, 3.05) is 10.5 Å². The maximum Gasteiger partial charge on any atom is 0.238 e. The molecule has 2 aromatic rings. The van der Waals surface area contributed by atoms with Gasteiger partial charge >= 0.3 is 0 Å². The number of anilines is 2. The monoisotopic (exact) mass is 297 g/mol. The molecule has 0 amide bonds. The minimum absolute atomic E-state index is 0.182. The van der Waals surface area contributed by atoms with E-state index in [-0.39, 0.29) is 16.7 Å². The lowest BCUT2D eigenvalue weighted by atomic mass is 10.2. The Balaban J connectivity index is 2.18. The number of hydrogen-bond acceptors (Lipinski definition) is 4. The topological polar surface area (TPSA) is 85.1 Å². The molecule has 19 heavy (non-hydrogen) atoms. The van der Waals surface area contributed by atoms with Gasteiger partial charge in [-0.25, -0.2) is 13.4 Å². The number of pyridine rings is 1. The van der Waals surface area contributed by atoms with Gasteiger partial charge in [0.2, 0.25) is 10.0 Å². The Hall–Kier alpha value is -1.79. The number of halogens is 1. The first-order valence-corrected chi connectivity index (χ1v) is 7.46. The van der Waals surface area contributed by atoms with E-state index in [0.29, 0.717) is 11.3 Å². The number of rotatable bonds is 4. The number of nitrogens with two attached hydrogens (primary N) is 1. The molecule has 2 rings (SSSR count). The SMILES string of the molecule is Nc1ccccc1CS(=O)(=O)Nc1cccc(Cl)n1. The van der Waals surface area contributed by atoms with Crippen LogP contribution in [0.3, 0.4) is 0 Å². The Morgan fingerprint density at radius 1 is 1.16 bits per heavy atom. The van der Waals surface area contributed by atoms with Gasteiger partial charge in [0, 0.05) is 5.69 Å². The maximum atomic E-state index is 12.0. The van der Waals surface area contributed by atoms with Crippen molar-refractivity contribution in [2.24, 2.45) is 0 Å². The highest BCUT2D eigenvalue weighted by Gasteiger charge is 2.14. The molecule has 0 radical (unpaired) electrons. The smallest absolute Gasteiger partial charge is 0.238 e. The fourth-order valence-electron chi connectivity index (χ4n) is 1.53. The third-order valence-electron chi connectivity index (χ3n) is 2.38. The molecule has 1 heterocycles. The van der Waals surface area contributed by atoms with E-state index in [4.69, 9.17) is 17.3 Å². The molecule has 1 aromatic heterocycles. The zero-order chi connectivity index (χ0) is 13.9. The highest BCUT2D eigenvalue weighted by atomic mass is 35.5. The first-order valence-electron chi connectivity index (χ1n) is 5.43. The Kier molecular flexibility index (Phi) is 3.92. The Morgan fingerprint density at radius 2 is 1.89 bits per heavy atom. The zero-order valence-corrected chi connectivity index (χ0v) is 11.4. The lowest BCUT2D eigenvalue weighted by molar-refractivity contribution is 0.600. The van der Waals surface area contributed by atoms with E-state index in [9.17, 15) is 8.42 Å². The molecule has 3 N–H and O–H groups in total. The molecule has 0 aliphatic heterocycles. The van der Waals surface area contributed by atoms with E-state index < -0.39 is 10.0 Å². The second-order valence-corrected chi connectivity index (χ2v) is 6.02. The summed E-state index contributed by atoms with van der Waals surface area (Å²) >= 11 is 5.69. The lowest BCUT2D eigenvalue weighted by Crippen LogP contribution is -2.16. The van der Waals surface area contributed by atoms with Crippen molar-refractivity contribution >= 4 is 33.1 Å². The van der Waals surface area contributed by atoms with Gasteiger partial charge in [-0.05, 0) is 23.8 Å². The molecule has 1 aromatic carbocycles. The first-order chi connectivity index (χ1) is 8.96. The van der Waals surface area contributed by atoms with Gasteiger partial charge in [0.25, 0.3) is 0 Å². The third kappa shape index (κ3) is 3.84. The highest BCUT2D eigenvalue weighted by Crippen LogP contribution is 2.16. The van der Waals surface area contributed by atoms with E-state index >= 15 is 0 Å². The standard InChI is InChI=1S/C12H12ClN3O2S/c13-11-6-3-7-12(15-11)16-19(17,18)8-9-4-1-2-5-10(9)14/h1-7H,8,14H2,(H,15,16). The van der Waals surface area contributed by atoms with Crippen LogP contribution in [0.5, 0.6) is 0 Å².